The number of methoxy groups -OCH3 is 1. The molecule has 1 N–H and O–H groups in total. The number of ether oxygens (including phenoxy) is 1. The average molecular weight is 318 g/mol. The van der Waals surface area contributed by atoms with E-state index in [1.54, 1.807) is 7.11 Å². The fourth-order valence-corrected chi connectivity index (χ4v) is 3.18. The van der Waals surface area contributed by atoms with Crippen LogP contribution in [0.25, 0.3) is 0 Å². The highest BCUT2D eigenvalue weighted by atomic mass is 16.5. The van der Waals surface area contributed by atoms with Crippen LogP contribution in [-0.2, 0) is 0 Å². The standard InChI is InChI=1S/C19H30N2O2/c1-14(2)16-13-17(15(3)12-18(16)23-4)19(22)20-8-7-11-21-9-5-6-10-21/h12-14H,5-11H2,1-4H3,(H,20,22). The third-order valence-corrected chi connectivity index (χ3v) is 4.58. The molecule has 0 bridgehead atoms. The largest absolute Gasteiger partial charge is 0.496 e. The molecule has 1 aliphatic heterocycles. The summed E-state index contributed by atoms with van der Waals surface area (Å²) in [6.45, 7) is 10.4. The number of carbonyl (C=O) groups is 1. The molecule has 1 saturated heterocycles. The monoisotopic (exact) mass is 318 g/mol. The van der Waals surface area contributed by atoms with Crippen LogP contribution in [0.2, 0.25) is 0 Å². The molecule has 0 atom stereocenters. The number of nitrogens with one attached hydrogen (secondary N) is 1. The summed E-state index contributed by atoms with van der Waals surface area (Å²) in [6.07, 6.45) is 3.64. The van der Waals surface area contributed by atoms with Crippen molar-refractivity contribution in [3.63, 3.8) is 0 Å². The van der Waals surface area contributed by atoms with Gasteiger partial charge in [-0.1, -0.05) is 13.8 Å². The number of hydrogen-bond acceptors (Lipinski definition) is 3. The van der Waals surface area contributed by atoms with Gasteiger partial charge < -0.3 is 15.0 Å². The van der Waals surface area contributed by atoms with E-state index < -0.39 is 0 Å². The molecule has 1 fully saturated rings. The van der Waals surface area contributed by atoms with Crippen molar-refractivity contribution in [1.82, 2.24) is 10.2 Å². The third-order valence-electron chi connectivity index (χ3n) is 4.58. The summed E-state index contributed by atoms with van der Waals surface area (Å²) >= 11 is 0. The zero-order valence-electron chi connectivity index (χ0n) is 14.9. The first-order valence-corrected chi connectivity index (χ1v) is 8.72. The lowest BCUT2D eigenvalue weighted by molar-refractivity contribution is 0.0951. The van der Waals surface area contributed by atoms with Crippen LogP contribution in [0.4, 0.5) is 0 Å². The molecule has 23 heavy (non-hydrogen) atoms. The molecular weight excluding hydrogens is 288 g/mol. The van der Waals surface area contributed by atoms with Gasteiger partial charge in [-0.15, -0.1) is 0 Å². The van der Waals surface area contributed by atoms with Crippen molar-refractivity contribution in [3.8, 4) is 5.75 Å². The topological polar surface area (TPSA) is 41.6 Å². The van der Waals surface area contributed by atoms with Gasteiger partial charge >= 0.3 is 0 Å². The van der Waals surface area contributed by atoms with Crippen molar-refractivity contribution >= 4 is 5.91 Å². The summed E-state index contributed by atoms with van der Waals surface area (Å²) in [6, 6.07) is 3.95. The van der Waals surface area contributed by atoms with Crippen LogP contribution >= 0.6 is 0 Å². The Balaban J connectivity index is 1.94. The molecule has 4 heteroatoms. The second-order valence-corrected chi connectivity index (χ2v) is 6.72. The smallest absolute Gasteiger partial charge is 0.251 e. The van der Waals surface area contributed by atoms with Gasteiger partial charge in [0.25, 0.3) is 5.91 Å². The van der Waals surface area contributed by atoms with Gasteiger partial charge in [-0.2, -0.15) is 0 Å². The van der Waals surface area contributed by atoms with E-state index in [9.17, 15) is 4.79 Å². The minimum atomic E-state index is 0.0217. The van der Waals surface area contributed by atoms with Crippen LogP contribution in [0.3, 0.4) is 0 Å². The van der Waals surface area contributed by atoms with Gasteiger partial charge in [0, 0.05) is 12.1 Å². The van der Waals surface area contributed by atoms with E-state index in [1.165, 1.54) is 25.9 Å². The number of benzene rings is 1. The number of likely N-dealkylation sites (tertiary alicyclic amines) is 1. The van der Waals surface area contributed by atoms with Crippen LogP contribution in [0, 0.1) is 6.92 Å². The Morgan fingerprint density at radius 3 is 2.61 bits per heavy atom. The van der Waals surface area contributed by atoms with Gasteiger partial charge in [-0.3, -0.25) is 4.79 Å². The predicted octanol–water partition coefficient (Wildman–Crippen LogP) is 3.34. The predicted molar refractivity (Wildman–Crippen MR) is 94.4 cm³/mol. The highest BCUT2D eigenvalue weighted by molar-refractivity contribution is 5.96. The number of carbonyl (C=O) groups excluding carboxylic acids is 1. The first-order valence-electron chi connectivity index (χ1n) is 8.72. The van der Waals surface area contributed by atoms with Gasteiger partial charge in [0.05, 0.1) is 7.11 Å². The number of nitrogens with zero attached hydrogens (tertiary/aromatic N) is 1. The molecule has 0 aromatic heterocycles. The lowest BCUT2D eigenvalue weighted by Crippen LogP contribution is -2.29. The Morgan fingerprint density at radius 1 is 1.30 bits per heavy atom. The maximum atomic E-state index is 12.5. The second kappa shape index (κ2) is 8.34. The van der Waals surface area contributed by atoms with Crippen molar-refractivity contribution < 1.29 is 9.53 Å². The molecule has 1 aromatic carbocycles. The molecule has 0 saturated carbocycles. The van der Waals surface area contributed by atoms with Gasteiger partial charge in [-0.05, 0) is 75.0 Å². The third kappa shape index (κ3) is 4.71. The molecule has 0 aliphatic carbocycles. The average Bonchev–Trinajstić information content (AvgIpc) is 3.04. The summed E-state index contributed by atoms with van der Waals surface area (Å²) in [4.78, 5) is 14.9. The Kier molecular flexibility index (Phi) is 6.46. The lowest BCUT2D eigenvalue weighted by atomic mass is 9.96. The van der Waals surface area contributed by atoms with E-state index in [0.29, 0.717) is 5.92 Å². The first kappa shape index (κ1) is 17.8. The van der Waals surface area contributed by atoms with Gasteiger partial charge in [0.2, 0.25) is 0 Å². The SMILES string of the molecule is COc1cc(C)c(C(=O)NCCCN2CCCC2)cc1C(C)C. The minimum Gasteiger partial charge on any atom is -0.496 e. The normalized spacial score (nSPS) is 15.2. The number of rotatable bonds is 7. The highest BCUT2D eigenvalue weighted by Crippen LogP contribution is 2.29. The molecule has 0 spiro atoms. The number of aryl methyl sites for hydroxylation is 1. The second-order valence-electron chi connectivity index (χ2n) is 6.72. The summed E-state index contributed by atoms with van der Waals surface area (Å²) in [5.74, 6) is 1.21. The van der Waals surface area contributed by atoms with Gasteiger partial charge in [0.15, 0.2) is 0 Å². The Labute approximate surface area is 140 Å². The van der Waals surface area contributed by atoms with Crippen molar-refractivity contribution in [2.75, 3.05) is 33.3 Å². The molecule has 2 rings (SSSR count). The Morgan fingerprint density at radius 2 is 2.00 bits per heavy atom. The molecule has 4 nitrogen and oxygen atoms in total. The van der Waals surface area contributed by atoms with E-state index >= 15 is 0 Å². The molecular formula is C19H30N2O2. The minimum absolute atomic E-state index is 0.0217. The van der Waals surface area contributed by atoms with Gasteiger partial charge in [-0.25, -0.2) is 0 Å². The van der Waals surface area contributed by atoms with E-state index in [-0.39, 0.29) is 5.91 Å². The van der Waals surface area contributed by atoms with E-state index in [2.05, 4.69) is 24.1 Å². The zero-order valence-corrected chi connectivity index (χ0v) is 14.9. The molecule has 1 heterocycles. The van der Waals surface area contributed by atoms with E-state index in [4.69, 9.17) is 4.74 Å². The lowest BCUT2D eigenvalue weighted by Gasteiger charge is -2.17. The Bertz CT molecular complexity index is 534. The fourth-order valence-electron chi connectivity index (χ4n) is 3.18. The van der Waals surface area contributed by atoms with Crippen LogP contribution in [0.1, 0.15) is 60.5 Å². The van der Waals surface area contributed by atoms with E-state index in [1.807, 2.05) is 19.1 Å². The number of hydrogen-bond donors (Lipinski definition) is 1. The van der Waals surface area contributed by atoms with Crippen LogP contribution < -0.4 is 10.1 Å². The quantitative estimate of drug-likeness (QED) is 0.784. The zero-order chi connectivity index (χ0) is 16.8. The molecule has 0 unspecified atom stereocenters. The maximum Gasteiger partial charge on any atom is 0.251 e. The molecule has 1 aliphatic rings. The van der Waals surface area contributed by atoms with Crippen LogP contribution in [0.5, 0.6) is 5.75 Å². The fraction of sp³-hybridized carbons (Fsp3) is 0.632. The number of amides is 1. The maximum absolute atomic E-state index is 12.5. The first-order chi connectivity index (χ1) is 11.0. The van der Waals surface area contributed by atoms with Crippen LogP contribution in [0.15, 0.2) is 12.1 Å². The molecule has 128 valence electrons. The van der Waals surface area contributed by atoms with Crippen molar-refractivity contribution in [1.29, 1.82) is 0 Å². The summed E-state index contributed by atoms with van der Waals surface area (Å²) in [5, 5.41) is 3.06. The van der Waals surface area contributed by atoms with Crippen molar-refractivity contribution in [3.05, 3.63) is 28.8 Å². The molecule has 1 amide bonds. The summed E-state index contributed by atoms with van der Waals surface area (Å²) in [7, 11) is 1.68. The molecule has 0 radical (unpaired) electrons. The Hall–Kier alpha value is -1.55. The van der Waals surface area contributed by atoms with E-state index in [0.717, 1.165) is 42.0 Å². The highest BCUT2D eigenvalue weighted by Gasteiger charge is 2.16. The van der Waals surface area contributed by atoms with Crippen molar-refractivity contribution in [2.24, 2.45) is 0 Å². The van der Waals surface area contributed by atoms with Crippen LogP contribution in [-0.4, -0.2) is 44.1 Å². The summed E-state index contributed by atoms with van der Waals surface area (Å²) in [5.41, 5.74) is 2.80. The summed E-state index contributed by atoms with van der Waals surface area (Å²) < 4.78 is 5.44. The van der Waals surface area contributed by atoms with Gasteiger partial charge in [0.1, 0.15) is 5.75 Å². The molecule has 1 aromatic rings. The van der Waals surface area contributed by atoms with Crippen molar-refractivity contribution in [2.45, 2.75) is 46.0 Å².